The van der Waals surface area contributed by atoms with Crippen molar-refractivity contribution in [2.45, 2.75) is 0 Å². The molecule has 0 N–H and O–H groups in total. The van der Waals surface area contributed by atoms with E-state index in [2.05, 4.69) is 9.88 Å². The Morgan fingerprint density at radius 3 is 2.44 bits per heavy atom. The van der Waals surface area contributed by atoms with Crippen molar-refractivity contribution in [3.05, 3.63) is 51.6 Å². The first-order chi connectivity index (χ1) is 12.0. The summed E-state index contributed by atoms with van der Waals surface area (Å²) < 4.78 is 5.51. The third kappa shape index (κ3) is 4.69. The van der Waals surface area contributed by atoms with Crippen molar-refractivity contribution in [1.82, 2.24) is 9.88 Å². The smallest absolute Gasteiger partial charge is 0.260 e. The molecule has 0 aliphatic carbocycles. The molecule has 0 spiro atoms. The molecule has 1 fully saturated rings. The van der Waals surface area contributed by atoms with Crippen LogP contribution in [0.4, 0.5) is 5.82 Å². The van der Waals surface area contributed by atoms with Crippen LogP contribution in [0, 0.1) is 0 Å². The number of carbonyl (C=O) groups is 1. The van der Waals surface area contributed by atoms with Gasteiger partial charge in [-0.05, 0) is 24.3 Å². The topological polar surface area (TPSA) is 45.7 Å². The number of anilines is 1. The van der Waals surface area contributed by atoms with Gasteiger partial charge in [0.15, 0.2) is 6.61 Å². The molecule has 1 amide bonds. The van der Waals surface area contributed by atoms with E-state index >= 15 is 0 Å². The van der Waals surface area contributed by atoms with Gasteiger partial charge in [-0.1, -0.05) is 34.8 Å². The van der Waals surface area contributed by atoms with E-state index in [9.17, 15) is 4.79 Å². The molecule has 1 aromatic heterocycles. The van der Waals surface area contributed by atoms with Crippen molar-refractivity contribution in [2.24, 2.45) is 0 Å². The van der Waals surface area contributed by atoms with Crippen molar-refractivity contribution in [1.29, 1.82) is 0 Å². The second-order valence-corrected chi connectivity index (χ2v) is 6.82. The first kappa shape index (κ1) is 18.1. The number of aromatic nitrogens is 1. The minimum absolute atomic E-state index is 0.0306. The molecule has 1 aliphatic heterocycles. The van der Waals surface area contributed by atoms with Gasteiger partial charge in [-0.2, -0.15) is 0 Å². The molecule has 0 saturated carbocycles. The maximum Gasteiger partial charge on any atom is 0.260 e. The number of ether oxygens (including phenoxy) is 1. The first-order valence-corrected chi connectivity index (χ1v) is 8.88. The molecule has 0 unspecified atom stereocenters. The van der Waals surface area contributed by atoms with Gasteiger partial charge in [-0.15, -0.1) is 0 Å². The Morgan fingerprint density at radius 2 is 1.80 bits per heavy atom. The second-order valence-electron chi connectivity index (χ2n) is 5.57. The maximum absolute atomic E-state index is 12.3. The van der Waals surface area contributed by atoms with Crippen LogP contribution in [0.3, 0.4) is 0 Å². The zero-order chi connectivity index (χ0) is 17.8. The number of amides is 1. The molecule has 0 radical (unpaired) electrons. The van der Waals surface area contributed by atoms with E-state index in [4.69, 9.17) is 39.5 Å². The van der Waals surface area contributed by atoms with Gasteiger partial charge in [0.1, 0.15) is 11.6 Å². The molecule has 5 nitrogen and oxygen atoms in total. The molecule has 25 heavy (non-hydrogen) atoms. The predicted octanol–water partition coefficient (Wildman–Crippen LogP) is 3.77. The van der Waals surface area contributed by atoms with Crippen molar-refractivity contribution in [3.8, 4) is 5.75 Å². The molecule has 3 rings (SSSR count). The number of nitrogens with zero attached hydrogens (tertiary/aromatic N) is 3. The number of benzene rings is 1. The largest absolute Gasteiger partial charge is 0.484 e. The number of hydrogen-bond donors (Lipinski definition) is 0. The minimum Gasteiger partial charge on any atom is -0.484 e. The van der Waals surface area contributed by atoms with Gasteiger partial charge < -0.3 is 14.5 Å². The molecule has 132 valence electrons. The van der Waals surface area contributed by atoms with E-state index in [0.29, 0.717) is 47.0 Å². The molecule has 1 saturated heterocycles. The lowest BCUT2D eigenvalue weighted by Crippen LogP contribution is -2.50. The lowest BCUT2D eigenvalue weighted by atomic mass is 10.3. The lowest BCUT2D eigenvalue weighted by Gasteiger charge is -2.35. The highest BCUT2D eigenvalue weighted by Gasteiger charge is 2.22. The molecular weight excluding hydrogens is 385 g/mol. The molecule has 0 atom stereocenters. The van der Waals surface area contributed by atoms with Gasteiger partial charge >= 0.3 is 0 Å². The fourth-order valence-corrected chi connectivity index (χ4v) is 2.94. The molecule has 2 heterocycles. The number of pyridine rings is 1. The third-order valence-corrected chi connectivity index (χ3v) is 4.88. The van der Waals surface area contributed by atoms with Gasteiger partial charge in [0, 0.05) is 38.4 Å². The van der Waals surface area contributed by atoms with Crippen molar-refractivity contribution in [3.63, 3.8) is 0 Å². The van der Waals surface area contributed by atoms with E-state index in [1.165, 1.54) is 0 Å². The average Bonchev–Trinajstić information content (AvgIpc) is 2.63. The molecular formula is C17H16Cl3N3O2. The Kier molecular flexibility index (Phi) is 5.89. The highest BCUT2D eigenvalue weighted by molar-refractivity contribution is 6.42. The predicted molar refractivity (Wildman–Crippen MR) is 100.0 cm³/mol. The molecule has 1 aromatic carbocycles. The van der Waals surface area contributed by atoms with Crippen molar-refractivity contribution >= 4 is 46.5 Å². The van der Waals surface area contributed by atoms with Crippen LogP contribution in [0.2, 0.25) is 15.1 Å². The standard InChI is InChI=1S/C17H16Cl3N3O2/c18-12-1-4-16(21-10-12)22-5-7-23(8-6-22)17(24)11-25-13-2-3-14(19)15(20)9-13/h1-4,9-10H,5-8,11H2. The zero-order valence-electron chi connectivity index (χ0n) is 13.3. The first-order valence-electron chi connectivity index (χ1n) is 7.75. The quantitative estimate of drug-likeness (QED) is 0.784. The summed E-state index contributed by atoms with van der Waals surface area (Å²) in [6.07, 6.45) is 1.62. The second kappa shape index (κ2) is 8.13. The van der Waals surface area contributed by atoms with Crippen LogP contribution >= 0.6 is 34.8 Å². The van der Waals surface area contributed by atoms with Crippen LogP contribution in [0.1, 0.15) is 0 Å². The van der Waals surface area contributed by atoms with Crippen molar-refractivity contribution < 1.29 is 9.53 Å². The monoisotopic (exact) mass is 399 g/mol. The van der Waals surface area contributed by atoms with Gasteiger partial charge in [-0.25, -0.2) is 4.98 Å². The summed E-state index contributed by atoms with van der Waals surface area (Å²) in [7, 11) is 0. The summed E-state index contributed by atoms with van der Waals surface area (Å²) >= 11 is 17.6. The number of piperazine rings is 1. The molecule has 8 heteroatoms. The van der Waals surface area contributed by atoms with Crippen LogP contribution in [-0.2, 0) is 4.79 Å². The summed E-state index contributed by atoms with van der Waals surface area (Å²) in [4.78, 5) is 20.5. The Labute approximate surface area is 161 Å². The van der Waals surface area contributed by atoms with Crippen LogP contribution < -0.4 is 9.64 Å². The molecule has 1 aliphatic rings. The minimum atomic E-state index is -0.0604. The Morgan fingerprint density at radius 1 is 1.04 bits per heavy atom. The third-order valence-electron chi connectivity index (χ3n) is 3.92. The SMILES string of the molecule is O=C(COc1ccc(Cl)c(Cl)c1)N1CCN(c2ccc(Cl)cn2)CC1. The van der Waals surface area contributed by atoms with Crippen LogP contribution in [0.5, 0.6) is 5.75 Å². The summed E-state index contributed by atoms with van der Waals surface area (Å²) in [5.41, 5.74) is 0. The fourth-order valence-electron chi connectivity index (χ4n) is 2.54. The van der Waals surface area contributed by atoms with E-state index in [0.717, 1.165) is 5.82 Å². The highest BCUT2D eigenvalue weighted by atomic mass is 35.5. The highest BCUT2D eigenvalue weighted by Crippen LogP contribution is 2.26. The molecule has 0 bridgehead atoms. The summed E-state index contributed by atoms with van der Waals surface area (Å²) in [6, 6.07) is 8.62. The summed E-state index contributed by atoms with van der Waals surface area (Å²) in [6.45, 7) is 2.64. The number of carbonyl (C=O) groups excluding carboxylic acids is 1. The van der Waals surface area contributed by atoms with Crippen LogP contribution in [0.25, 0.3) is 0 Å². The summed E-state index contributed by atoms with van der Waals surface area (Å²) in [5.74, 6) is 1.32. The number of halogens is 3. The van der Waals surface area contributed by atoms with Crippen LogP contribution in [0.15, 0.2) is 36.5 Å². The maximum atomic E-state index is 12.3. The van der Waals surface area contributed by atoms with Crippen molar-refractivity contribution in [2.75, 3.05) is 37.7 Å². The average molecular weight is 401 g/mol. The van der Waals surface area contributed by atoms with Gasteiger partial charge in [0.2, 0.25) is 0 Å². The van der Waals surface area contributed by atoms with E-state index in [-0.39, 0.29) is 12.5 Å². The van der Waals surface area contributed by atoms with E-state index in [1.807, 2.05) is 12.1 Å². The van der Waals surface area contributed by atoms with Crippen LogP contribution in [-0.4, -0.2) is 48.6 Å². The summed E-state index contributed by atoms with van der Waals surface area (Å²) in [5, 5.41) is 1.46. The van der Waals surface area contributed by atoms with Gasteiger partial charge in [-0.3, -0.25) is 4.79 Å². The Hall–Kier alpha value is -1.69. The molecule has 2 aromatic rings. The zero-order valence-corrected chi connectivity index (χ0v) is 15.6. The Balaban J connectivity index is 1.49. The number of hydrogen-bond acceptors (Lipinski definition) is 4. The lowest BCUT2D eigenvalue weighted by molar-refractivity contribution is -0.133. The number of rotatable bonds is 4. The van der Waals surface area contributed by atoms with E-state index < -0.39 is 0 Å². The Bertz CT molecular complexity index is 747. The normalized spacial score (nSPS) is 14.5. The fraction of sp³-hybridized carbons (Fsp3) is 0.294. The van der Waals surface area contributed by atoms with Gasteiger partial charge in [0.25, 0.3) is 5.91 Å². The van der Waals surface area contributed by atoms with Gasteiger partial charge in [0.05, 0.1) is 15.1 Å². The van der Waals surface area contributed by atoms with E-state index in [1.54, 1.807) is 29.3 Å².